The van der Waals surface area contributed by atoms with Gasteiger partial charge in [-0.15, -0.1) is 0 Å². The maximum absolute atomic E-state index is 9.31. The second-order valence-electron chi connectivity index (χ2n) is 3.95. The molecule has 1 aromatic rings. The summed E-state index contributed by atoms with van der Waals surface area (Å²) in [5.41, 5.74) is 0. The molecule has 0 spiro atoms. The molecule has 1 saturated carbocycles. The van der Waals surface area contributed by atoms with Crippen LogP contribution in [0.5, 0.6) is 0 Å². The van der Waals surface area contributed by atoms with E-state index in [0.29, 0.717) is 6.61 Å². The first-order valence-electron chi connectivity index (χ1n) is 5.40. The summed E-state index contributed by atoms with van der Waals surface area (Å²) in [6.45, 7) is 2.52. The molecular weight excluding hydrogens is 237 g/mol. The normalized spacial score (nSPS) is 20.8. The van der Waals surface area contributed by atoms with Crippen molar-refractivity contribution >= 4 is 23.4 Å². The van der Waals surface area contributed by atoms with Crippen LogP contribution in [0, 0.1) is 11.3 Å². The zero-order chi connectivity index (χ0) is 11.6. The standard InChI is InChI=1S/C12H14NOPS/c1-2-14-15(16,12(10-13)8-9-12)11-6-4-3-5-7-11/h3-7H,2,8-9H2,1H3/t15-/m0/s1. The van der Waals surface area contributed by atoms with E-state index in [-0.39, 0.29) is 5.16 Å². The van der Waals surface area contributed by atoms with Crippen molar-refractivity contribution in [1.29, 1.82) is 5.26 Å². The molecule has 1 atom stereocenters. The minimum Gasteiger partial charge on any atom is -0.345 e. The number of hydrogen-bond acceptors (Lipinski definition) is 3. The van der Waals surface area contributed by atoms with E-state index < -0.39 is 6.26 Å². The molecule has 0 unspecified atom stereocenters. The predicted octanol–water partition coefficient (Wildman–Crippen LogP) is 2.80. The molecule has 2 nitrogen and oxygen atoms in total. The van der Waals surface area contributed by atoms with Crippen molar-refractivity contribution in [3.05, 3.63) is 30.3 Å². The van der Waals surface area contributed by atoms with Gasteiger partial charge in [-0.3, -0.25) is 0 Å². The van der Waals surface area contributed by atoms with Crippen LogP contribution in [-0.2, 0) is 16.3 Å². The van der Waals surface area contributed by atoms with Gasteiger partial charge < -0.3 is 4.52 Å². The minimum absolute atomic E-state index is 0.389. The summed E-state index contributed by atoms with van der Waals surface area (Å²) < 4.78 is 5.84. The van der Waals surface area contributed by atoms with Crippen LogP contribution in [-0.4, -0.2) is 11.8 Å². The summed E-state index contributed by atoms with van der Waals surface area (Å²) in [6.07, 6.45) is -0.422. The zero-order valence-corrected chi connectivity index (χ0v) is 10.9. The van der Waals surface area contributed by atoms with E-state index in [0.717, 1.165) is 18.1 Å². The van der Waals surface area contributed by atoms with Gasteiger partial charge in [0, 0.05) is 11.9 Å². The van der Waals surface area contributed by atoms with E-state index in [1.807, 2.05) is 37.3 Å². The summed E-state index contributed by atoms with van der Waals surface area (Å²) in [4.78, 5) is 0. The lowest BCUT2D eigenvalue weighted by atomic mass is 10.4. The molecule has 1 aliphatic carbocycles. The average Bonchev–Trinajstić information content (AvgIpc) is 3.11. The van der Waals surface area contributed by atoms with Crippen molar-refractivity contribution < 1.29 is 4.52 Å². The van der Waals surface area contributed by atoms with Crippen LogP contribution in [0.2, 0.25) is 0 Å². The Morgan fingerprint density at radius 2 is 2.06 bits per heavy atom. The Labute approximate surface area is 101 Å². The SMILES string of the molecule is CCO[P@](=S)(c1ccccc1)C1(C#N)CC1. The Hall–Kier alpha value is -0.680. The summed E-state index contributed by atoms with van der Waals surface area (Å²) >= 11 is 5.73. The smallest absolute Gasteiger partial charge is 0.114 e. The first kappa shape index (κ1) is 11.8. The van der Waals surface area contributed by atoms with Gasteiger partial charge >= 0.3 is 0 Å². The quantitative estimate of drug-likeness (QED) is 0.771. The first-order chi connectivity index (χ1) is 7.68. The Balaban J connectivity index is 2.46. The van der Waals surface area contributed by atoms with Gasteiger partial charge in [0.1, 0.15) is 11.4 Å². The average molecular weight is 251 g/mol. The topological polar surface area (TPSA) is 33.0 Å². The second-order valence-corrected chi connectivity index (χ2v) is 8.22. The van der Waals surface area contributed by atoms with Gasteiger partial charge in [-0.1, -0.05) is 42.1 Å². The second kappa shape index (κ2) is 4.30. The summed E-state index contributed by atoms with van der Waals surface area (Å²) in [6, 6.07) is 12.3. The molecule has 0 amide bonds. The molecule has 1 aliphatic rings. The molecular formula is C12H14NOPS. The fourth-order valence-corrected chi connectivity index (χ4v) is 5.84. The van der Waals surface area contributed by atoms with Gasteiger partial charge in [0.25, 0.3) is 0 Å². The summed E-state index contributed by atoms with van der Waals surface area (Å²) in [5, 5.41) is 9.96. The van der Waals surface area contributed by atoms with Crippen molar-refractivity contribution in [2.75, 3.05) is 6.61 Å². The fourth-order valence-electron chi connectivity index (χ4n) is 1.84. The lowest BCUT2D eigenvalue weighted by Crippen LogP contribution is -2.19. The first-order valence-corrected chi connectivity index (χ1v) is 8.12. The Morgan fingerprint density at radius 3 is 2.50 bits per heavy atom. The van der Waals surface area contributed by atoms with Crippen LogP contribution in [0.15, 0.2) is 30.3 Å². The molecule has 0 aliphatic heterocycles. The Kier molecular flexibility index (Phi) is 3.17. The maximum Gasteiger partial charge on any atom is 0.114 e. The van der Waals surface area contributed by atoms with Crippen LogP contribution in [0.4, 0.5) is 0 Å². The summed E-state index contributed by atoms with van der Waals surface area (Å²) in [7, 11) is 0. The molecule has 0 heterocycles. The number of nitrogens with zero attached hydrogens (tertiary/aromatic N) is 1. The molecule has 0 radical (unpaired) electrons. The van der Waals surface area contributed by atoms with E-state index >= 15 is 0 Å². The van der Waals surface area contributed by atoms with Gasteiger partial charge in [-0.2, -0.15) is 5.26 Å². The number of rotatable bonds is 4. The van der Waals surface area contributed by atoms with Crippen molar-refractivity contribution in [3.8, 4) is 6.07 Å². The molecule has 0 bridgehead atoms. The van der Waals surface area contributed by atoms with E-state index in [1.54, 1.807) is 0 Å². The van der Waals surface area contributed by atoms with Gasteiger partial charge in [0.15, 0.2) is 0 Å². The zero-order valence-electron chi connectivity index (χ0n) is 9.22. The van der Waals surface area contributed by atoms with Gasteiger partial charge in [0.2, 0.25) is 0 Å². The van der Waals surface area contributed by atoms with Crippen LogP contribution >= 0.6 is 6.26 Å². The molecule has 1 fully saturated rings. The lowest BCUT2D eigenvalue weighted by molar-refractivity contribution is 0.377. The highest BCUT2D eigenvalue weighted by molar-refractivity contribution is 8.16. The molecule has 0 N–H and O–H groups in total. The van der Waals surface area contributed by atoms with Crippen molar-refractivity contribution in [2.24, 2.45) is 0 Å². The lowest BCUT2D eigenvalue weighted by Gasteiger charge is -2.26. The molecule has 84 valence electrons. The van der Waals surface area contributed by atoms with Crippen LogP contribution < -0.4 is 5.30 Å². The molecule has 4 heteroatoms. The minimum atomic E-state index is -2.19. The van der Waals surface area contributed by atoms with Crippen LogP contribution in [0.3, 0.4) is 0 Å². The molecule has 1 aromatic carbocycles. The predicted molar refractivity (Wildman–Crippen MR) is 69.6 cm³/mol. The van der Waals surface area contributed by atoms with E-state index in [4.69, 9.17) is 16.3 Å². The Morgan fingerprint density at radius 1 is 1.44 bits per heavy atom. The highest BCUT2D eigenvalue weighted by Gasteiger charge is 2.56. The largest absolute Gasteiger partial charge is 0.345 e. The number of nitriles is 1. The molecule has 16 heavy (non-hydrogen) atoms. The van der Waals surface area contributed by atoms with Gasteiger partial charge in [-0.25, -0.2) is 0 Å². The third kappa shape index (κ3) is 1.72. The van der Waals surface area contributed by atoms with Crippen molar-refractivity contribution in [3.63, 3.8) is 0 Å². The van der Waals surface area contributed by atoms with E-state index in [9.17, 15) is 5.26 Å². The molecule has 2 rings (SSSR count). The third-order valence-corrected chi connectivity index (χ3v) is 8.17. The van der Waals surface area contributed by atoms with Gasteiger partial charge in [-0.05, 0) is 19.8 Å². The molecule has 0 saturated heterocycles. The van der Waals surface area contributed by atoms with Gasteiger partial charge in [0.05, 0.1) is 6.07 Å². The summed E-state index contributed by atoms with van der Waals surface area (Å²) in [5.74, 6) is 0. The number of benzene rings is 1. The van der Waals surface area contributed by atoms with E-state index in [2.05, 4.69) is 6.07 Å². The van der Waals surface area contributed by atoms with Crippen molar-refractivity contribution in [1.82, 2.24) is 0 Å². The number of hydrogen-bond donors (Lipinski definition) is 0. The van der Waals surface area contributed by atoms with Crippen molar-refractivity contribution in [2.45, 2.75) is 24.9 Å². The van der Waals surface area contributed by atoms with E-state index in [1.165, 1.54) is 0 Å². The van der Waals surface area contributed by atoms with Crippen LogP contribution in [0.25, 0.3) is 0 Å². The highest BCUT2D eigenvalue weighted by Crippen LogP contribution is 2.69. The Bertz CT molecular complexity index is 462. The monoisotopic (exact) mass is 251 g/mol. The highest BCUT2D eigenvalue weighted by atomic mass is 32.4. The molecule has 0 aromatic heterocycles. The maximum atomic E-state index is 9.31. The third-order valence-electron chi connectivity index (χ3n) is 2.90. The van der Waals surface area contributed by atoms with Crippen LogP contribution in [0.1, 0.15) is 19.8 Å². The fraction of sp³-hybridized carbons (Fsp3) is 0.417.